The third-order valence-electron chi connectivity index (χ3n) is 6.20. The van der Waals surface area contributed by atoms with Crippen molar-refractivity contribution in [1.82, 2.24) is 10.2 Å². The van der Waals surface area contributed by atoms with E-state index in [1.54, 1.807) is 0 Å². The van der Waals surface area contributed by atoms with Gasteiger partial charge in [-0.05, 0) is 56.9 Å². The fourth-order valence-electron chi connectivity index (χ4n) is 5.00. The lowest BCUT2D eigenvalue weighted by Gasteiger charge is -2.43. The van der Waals surface area contributed by atoms with Gasteiger partial charge in [0.25, 0.3) is 0 Å². The van der Waals surface area contributed by atoms with E-state index >= 15 is 0 Å². The number of hydrogen-bond donors (Lipinski definition) is 1. The molecule has 0 amide bonds. The van der Waals surface area contributed by atoms with E-state index in [4.69, 9.17) is 4.74 Å². The highest BCUT2D eigenvalue weighted by atomic mass is 16.5. The molecule has 0 aromatic heterocycles. The Labute approximate surface area is 130 Å². The van der Waals surface area contributed by atoms with E-state index in [2.05, 4.69) is 24.1 Å². The van der Waals surface area contributed by atoms with Gasteiger partial charge >= 0.3 is 0 Å². The molecule has 1 heterocycles. The van der Waals surface area contributed by atoms with Crippen molar-refractivity contribution < 1.29 is 4.74 Å². The zero-order chi connectivity index (χ0) is 14.7. The number of rotatable bonds is 5. The van der Waals surface area contributed by atoms with E-state index in [1.165, 1.54) is 51.5 Å². The zero-order valence-corrected chi connectivity index (χ0v) is 14.0. The molecule has 0 spiro atoms. The maximum Gasteiger partial charge on any atom is 0.0730 e. The van der Waals surface area contributed by atoms with E-state index in [0.29, 0.717) is 6.10 Å². The molecule has 0 bridgehead atoms. The highest BCUT2D eigenvalue weighted by molar-refractivity contribution is 4.93. The van der Waals surface area contributed by atoms with Gasteiger partial charge in [-0.3, -0.25) is 4.90 Å². The summed E-state index contributed by atoms with van der Waals surface area (Å²) in [5, 5.41) is 3.77. The van der Waals surface area contributed by atoms with Gasteiger partial charge in [0.15, 0.2) is 0 Å². The molecule has 0 aromatic rings. The van der Waals surface area contributed by atoms with Crippen LogP contribution in [0.15, 0.2) is 0 Å². The molecule has 2 aliphatic carbocycles. The van der Waals surface area contributed by atoms with Crippen LogP contribution in [0.5, 0.6) is 0 Å². The number of ether oxygens (including phenoxy) is 1. The fourth-order valence-corrected chi connectivity index (χ4v) is 5.00. The standard InChI is InChI=1S/C18H34N2O/c1-3-14-8-9-16(19-4-2)15(12-14)13-20-10-11-21-18-7-5-6-17(18)20/h14-19H,3-13H2,1-2H3. The molecule has 21 heavy (non-hydrogen) atoms. The molecule has 3 fully saturated rings. The number of morpholine rings is 1. The molecular formula is C18H34N2O. The number of nitrogens with zero attached hydrogens (tertiary/aromatic N) is 1. The van der Waals surface area contributed by atoms with Gasteiger partial charge in [-0.15, -0.1) is 0 Å². The van der Waals surface area contributed by atoms with Gasteiger partial charge < -0.3 is 10.1 Å². The Morgan fingerprint density at radius 2 is 2.05 bits per heavy atom. The molecular weight excluding hydrogens is 260 g/mol. The quantitative estimate of drug-likeness (QED) is 0.843. The lowest BCUT2D eigenvalue weighted by Crippen LogP contribution is -2.53. The second kappa shape index (κ2) is 7.43. The predicted octanol–water partition coefficient (Wildman–Crippen LogP) is 3.04. The molecule has 3 aliphatic rings. The minimum absolute atomic E-state index is 0.543. The van der Waals surface area contributed by atoms with Crippen LogP contribution in [0.25, 0.3) is 0 Å². The zero-order valence-electron chi connectivity index (χ0n) is 14.0. The number of nitrogens with one attached hydrogen (secondary N) is 1. The Bertz CT molecular complexity index is 322. The lowest BCUT2D eigenvalue weighted by molar-refractivity contribution is -0.0643. The van der Waals surface area contributed by atoms with Gasteiger partial charge in [0, 0.05) is 25.2 Å². The third-order valence-corrected chi connectivity index (χ3v) is 6.20. The molecule has 122 valence electrons. The molecule has 1 aliphatic heterocycles. The fraction of sp³-hybridized carbons (Fsp3) is 1.00. The molecule has 0 aromatic carbocycles. The summed E-state index contributed by atoms with van der Waals surface area (Å²) in [5.74, 6) is 1.81. The first-order valence-corrected chi connectivity index (χ1v) is 9.40. The summed E-state index contributed by atoms with van der Waals surface area (Å²) in [6.45, 7) is 9.16. The normalized spacial score (nSPS) is 41.1. The predicted molar refractivity (Wildman–Crippen MR) is 87.5 cm³/mol. The van der Waals surface area contributed by atoms with Gasteiger partial charge in [0.2, 0.25) is 0 Å². The summed E-state index contributed by atoms with van der Waals surface area (Å²) in [5.41, 5.74) is 0. The first-order valence-electron chi connectivity index (χ1n) is 9.40. The van der Waals surface area contributed by atoms with Crippen LogP contribution in [-0.2, 0) is 4.74 Å². The molecule has 1 N–H and O–H groups in total. The van der Waals surface area contributed by atoms with Crippen molar-refractivity contribution in [3.63, 3.8) is 0 Å². The average molecular weight is 294 g/mol. The van der Waals surface area contributed by atoms with Crippen LogP contribution < -0.4 is 5.32 Å². The smallest absolute Gasteiger partial charge is 0.0730 e. The molecule has 5 unspecified atom stereocenters. The monoisotopic (exact) mass is 294 g/mol. The van der Waals surface area contributed by atoms with Crippen molar-refractivity contribution in [3.05, 3.63) is 0 Å². The summed E-state index contributed by atoms with van der Waals surface area (Å²) >= 11 is 0. The Balaban J connectivity index is 1.62. The Kier molecular flexibility index (Phi) is 5.58. The van der Waals surface area contributed by atoms with E-state index in [0.717, 1.165) is 43.6 Å². The summed E-state index contributed by atoms with van der Waals surface area (Å²) in [6.07, 6.45) is 10.2. The lowest BCUT2D eigenvalue weighted by atomic mass is 9.76. The van der Waals surface area contributed by atoms with Crippen LogP contribution in [0.4, 0.5) is 0 Å². The molecule has 5 atom stereocenters. The van der Waals surface area contributed by atoms with E-state index < -0.39 is 0 Å². The highest BCUT2D eigenvalue weighted by Gasteiger charge is 2.38. The largest absolute Gasteiger partial charge is 0.375 e. The number of hydrogen-bond acceptors (Lipinski definition) is 3. The van der Waals surface area contributed by atoms with Crippen molar-refractivity contribution in [2.24, 2.45) is 11.8 Å². The van der Waals surface area contributed by atoms with Gasteiger partial charge in [0.1, 0.15) is 0 Å². The summed E-state index contributed by atoms with van der Waals surface area (Å²) < 4.78 is 5.98. The summed E-state index contributed by atoms with van der Waals surface area (Å²) in [7, 11) is 0. The first kappa shape index (κ1) is 15.8. The van der Waals surface area contributed by atoms with Crippen molar-refractivity contribution in [2.45, 2.75) is 77.0 Å². The molecule has 3 nitrogen and oxygen atoms in total. The van der Waals surface area contributed by atoms with E-state index in [9.17, 15) is 0 Å². The van der Waals surface area contributed by atoms with E-state index in [-0.39, 0.29) is 0 Å². The molecule has 3 rings (SSSR count). The van der Waals surface area contributed by atoms with E-state index in [1.807, 2.05) is 0 Å². The van der Waals surface area contributed by atoms with Crippen LogP contribution in [0.3, 0.4) is 0 Å². The minimum Gasteiger partial charge on any atom is -0.375 e. The second-order valence-electron chi connectivity index (χ2n) is 7.41. The Morgan fingerprint density at radius 3 is 2.86 bits per heavy atom. The van der Waals surface area contributed by atoms with Crippen LogP contribution in [-0.4, -0.2) is 49.3 Å². The SMILES string of the molecule is CCNC1CCC(CC)CC1CN1CCOC2CCCC21. The molecule has 2 saturated carbocycles. The number of fused-ring (bicyclic) bond motifs is 1. The van der Waals surface area contributed by atoms with Crippen molar-refractivity contribution in [2.75, 3.05) is 26.2 Å². The van der Waals surface area contributed by atoms with Crippen LogP contribution in [0.2, 0.25) is 0 Å². The van der Waals surface area contributed by atoms with Gasteiger partial charge in [0.05, 0.1) is 12.7 Å². The molecule has 3 heteroatoms. The van der Waals surface area contributed by atoms with Crippen molar-refractivity contribution >= 4 is 0 Å². The van der Waals surface area contributed by atoms with Crippen LogP contribution >= 0.6 is 0 Å². The van der Waals surface area contributed by atoms with Gasteiger partial charge in [-0.1, -0.05) is 20.3 Å². The highest BCUT2D eigenvalue weighted by Crippen LogP contribution is 2.35. The Morgan fingerprint density at radius 1 is 1.14 bits per heavy atom. The maximum atomic E-state index is 5.98. The second-order valence-corrected chi connectivity index (χ2v) is 7.41. The maximum absolute atomic E-state index is 5.98. The van der Waals surface area contributed by atoms with Crippen LogP contribution in [0.1, 0.15) is 58.8 Å². The van der Waals surface area contributed by atoms with Gasteiger partial charge in [-0.25, -0.2) is 0 Å². The minimum atomic E-state index is 0.543. The summed E-state index contributed by atoms with van der Waals surface area (Å²) in [6, 6.07) is 1.48. The van der Waals surface area contributed by atoms with Crippen molar-refractivity contribution in [3.8, 4) is 0 Å². The van der Waals surface area contributed by atoms with Gasteiger partial charge in [-0.2, -0.15) is 0 Å². The average Bonchev–Trinajstić information content (AvgIpc) is 2.99. The molecule has 1 saturated heterocycles. The van der Waals surface area contributed by atoms with Crippen molar-refractivity contribution in [1.29, 1.82) is 0 Å². The molecule has 0 radical (unpaired) electrons. The Hall–Kier alpha value is -0.120. The third kappa shape index (κ3) is 3.62. The topological polar surface area (TPSA) is 24.5 Å². The first-order chi connectivity index (χ1) is 10.3. The van der Waals surface area contributed by atoms with Crippen LogP contribution in [0, 0.1) is 11.8 Å². The summed E-state index contributed by atoms with van der Waals surface area (Å²) in [4.78, 5) is 2.79.